The molecule has 5 heteroatoms. The Hall–Kier alpha value is -0.420. The summed E-state index contributed by atoms with van der Waals surface area (Å²) in [7, 11) is 0. The summed E-state index contributed by atoms with van der Waals surface area (Å²) in [6, 6.07) is 8.56. The van der Waals surface area contributed by atoms with Crippen molar-refractivity contribution in [1.29, 1.82) is 0 Å². The molecule has 118 valence electrons. The van der Waals surface area contributed by atoms with Gasteiger partial charge in [0.15, 0.2) is 0 Å². The molecule has 0 amide bonds. The highest BCUT2D eigenvalue weighted by Gasteiger charge is 2.24. The van der Waals surface area contributed by atoms with Crippen molar-refractivity contribution in [3.8, 4) is 0 Å². The fraction of sp³-hybridized carbons (Fsp3) is 0.625. The van der Waals surface area contributed by atoms with Gasteiger partial charge in [-0.05, 0) is 50.3 Å². The van der Waals surface area contributed by atoms with Crippen LogP contribution >= 0.6 is 23.4 Å². The molecular weight excluding hydrogens is 304 g/mol. The van der Waals surface area contributed by atoms with Gasteiger partial charge in [-0.2, -0.15) is 11.8 Å². The zero-order valence-electron chi connectivity index (χ0n) is 12.8. The number of nitrogens with one attached hydrogen (secondary N) is 1. The molecule has 1 aliphatic heterocycles. The highest BCUT2D eigenvalue weighted by molar-refractivity contribution is 7.98. The van der Waals surface area contributed by atoms with Crippen LogP contribution in [0.1, 0.15) is 19.8 Å². The van der Waals surface area contributed by atoms with E-state index in [9.17, 15) is 5.11 Å². The average molecular weight is 329 g/mol. The number of hydrogen-bond acceptors (Lipinski definition) is 4. The third-order valence-corrected chi connectivity index (χ3v) is 5.08. The van der Waals surface area contributed by atoms with E-state index < -0.39 is 5.60 Å². The first kappa shape index (κ1) is 16.9. The molecule has 0 aromatic heterocycles. The van der Waals surface area contributed by atoms with E-state index in [0.717, 1.165) is 36.7 Å². The van der Waals surface area contributed by atoms with Crippen LogP contribution in [0, 0.1) is 0 Å². The van der Waals surface area contributed by atoms with Gasteiger partial charge in [-0.15, -0.1) is 0 Å². The average Bonchev–Trinajstić information content (AvgIpc) is 2.47. The minimum absolute atomic E-state index is 0.502. The minimum Gasteiger partial charge on any atom is -0.388 e. The molecular formula is C16H25ClN2OS. The van der Waals surface area contributed by atoms with Gasteiger partial charge in [-0.1, -0.05) is 11.6 Å². The topological polar surface area (TPSA) is 35.5 Å². The van der Waals surface area contributed by atoms with Gasteiger partial charge in [0.2, 0.25) is 0 Å². The van der Waals surface area contributed by atoms with Gasteiger partial charge in [0, 0.05) is 42.1 Å². The summed E-state index contributed by atoms with van der Waals surface area (Å²) in [5.41, 5.74) is 0.624. The van der Waals surface area contributed by atoms with Crippen LogP contribution in [-0.2, 0) is 0 Å². The lowest BCUT2D eigenvalue weighted by Gasteiger charge is -2.35. The summed E-state index contributed by atoms with van der Waals surface area (Å²) < 4.78 is 0. The Bertz CT molecular complexity index is 430. The molecule has 0 aliphatic carbocycles. The summed E-state index contributed by atoms with van der Waals surface area (Å²) >= 11 is 7.61. The Kier molecular flexibility index (Phi) is 6.23. The van der Waals surface area contributed by atoms with Crippen LogP contribution in [0.2, 0.25) is 5.02 Å². The number of thioether (sulfide) groups is 1. The molecule has 1 fully saturated rings. The summed E-state index contributed by atoms with van der Waals surface area (Å²) in [4.78, 5) is 2.40. The van der Waals surface area contributed by atoms with Crippen molar-refractivity contribution in [1.82, 2.24) is 5.32 Å². The van der Waals surface area contributed by atoms with Crippen molar-refractivity contribution in [2.75, 3.05) is 36.5 Å². The van der Waals surface area contributed by atoms with E-state index in [-0.39, 0.29) is 0 Å². The number of halogens is 1. The van der Waals surface area contributed by atoms with Crippen LogP contribution < -0.4 is 10.2 Å². The predicted octanol–water partition coefficient (Wildman–Crippen LogP) is 3.01. The van der Waals surface area contributed by atoms with Gasteiger partial charge in [0.25, 0.3) is 0 Å². The van der Waals surface area contributed by atoms with Crippen LogP contribution in [0.3, 0.4) is 0 Å². The molecule has 2 N–H and O–H groups in total. The molecule has 1 atom stereocenters. The number of nitrogens with zero attached hydrogens (tertiary/aromatic N) is 1. The van der Waals surface area contributed by atoms with E-state index in [2.05, 4.69) is 22.3 Å². The summed E-state index contributed by atoms with van der Waals surface area (Å²) in [6.07, 6.45) is 4.25. The van der Waals surface area contributed by atoms with E-state index in [0.29, 0.717) is 12.6 Å². The summed E-state index contributed by atoms with van der Waals surface area (Å²) in [6.45, 7) is 4.66. The number of anilines is 1. The van der Waals surface area contributed by atoms with Gasteiger partial charge < -0.3 is 15.3 Å². The van der Waals surface area contributed by atoms with Crippen molar-refractivity contribution < 1.29 is 5.11 Å². The quantitative estimate of drug-likeness (QED) is 0.841. The van der Waals surface area contributed by atoms with Crippen LogP contribution in [0.4, 0.5) is 5.69 Å². The van der Waals surface area contributed by atoms with E-state index in [1.807, 2.05) is 25.3 Å². The number of benzene rings is 1. The number of rotatable bonds is 6. The maximum atomic E-state index is 10.2. The van der Waals surface area contributed by atoms with Crippen molar-refractivity contribution in [3.63, 3.8) is 0 Å². The molecule has 0 spiro atoms. The number of piperidine rings is 1. The molecule has 1 aliphatic rings. The maximum absolute atomic E-state index is 10.2. The molecule has 1 saturated heterocycles. The van der Waals surface area contributed by atoms with E-state index in [1.165, 1.54) is 5.69 Å². The van der Waals surface area contributed by atoms with Crippen LogP contribution in [0.15, 0.2) is 24.3 Å². The first-order chi connectivity index (χ1) is 10.00. The second-order valence-electron chi connectivity index (χ2n) is 6.05. The van der Waals surface area contributed by atoms with Gasteiger partial charge in [0.05, 0.1) is 5.60 Å². The van der Waals surface area contributed by atoms with E-state index in [4.69, 9.17) is 11.6 Å². The minimum atomic E-state index is -0.618. The Morgan fingerprint density at radius 3 is 2.52 bits per heavy atom. The highest BCUT2D eigenvalue weighted by Crippen LogP contribution is 2.22. The smallest absolute Gasteiger partial charge is 0.0833 e. The Morgan fingerprint density at radius 2 is 1.95 bits per heavy atom. The second-order valence-corrected chi connectivity index (χ2v) is 7.35. The standard InChI is InChI=1S/C16H25ClN2OS/c1-16(20,12-21-2)11-18-14-7-9-19(10-8-14)15-5-3-13(17)4-6-15/h3-6,14,18,20H,7-12H2,1-2H3/t16-/m0/s1. The Balaban J connectivity index is 1.77. The molecule has 0 bridgehead atoms. The van der Waals surface area contributed by atoms with Crippen LogP contribution in [0.25, 0.3) is 0 Å². The largest absolute Gasteiger partial charge is 0.388 e. The van der Waals surface area contributed by atoms with Crippen molar-refractivity contribution in [2.45, 2.75) is 31.4 Å². The normalized spacial score (nSPS) is 19.5. The molecule has 0 saturated carbocycles. The SMILES string of the molecule is CSC[C@@](C)(O)CNC1CCN(c2ccc(Cl)cc2)CC1. The van der Waals surface area contributed by atoms with E-state index in [1.54, 1.807) is 11.8 Å². The molecule has 1 heterocycles. The molecule has 1 aromatic rings. The molecule has 0 radical (unpaired) electrons. The lowest BCUT2D eigenvalue weighted by Crippen LogP contribution is -2.48. The molecule has 0 unspecified atom stereocenters. The molecule has 1 aromatic carbocycles. The van der Waals surface area contributed by atoms with Crippen molar-refractivity contribution in [3.05, 3.63) is 29.3 Å². The van der Waals surface area contributed by atoms with Crippen molar-refractivity contribution in [2.24, 2.45) is 0 Å². The summed E-state index contributed by atoms with van der Waals surface area (Å²) in [5.74, 6) is 0.767. The van der Waals surface area contributed by atoms with Crippen molar-refractivity contribution >= 4 is 29.1 Å². The van der Waals surface area contributed by atoms with Gasteiger partial charge >= 0.3 is 0 Å². The van der Waals surface area contributed by atoms with Gasteiger partial charge in [-0.3, -0.25) is 0 Å². The zero-order valence-corrected chi connectivity index (χ0v) is 14.4. The number of hydrogen-bond donors (Lipinski definition) is 2. The Morgan fingerprint density at radius 1 is 1.33 bits per heavy atom. The van der Waals surface area contributed by atoms with E-state index >= 15 is 0 Å². The maximum Gasteiger partial charge on any atom is 0.0833 e. The molecule has 3 nitrogen and oxygen atoms in total. The lowest BCUT2D eigenvalue weighted by atomic mass is 10.0. The fourth-order valence-electron chi connectivity index (χ4n) is 2.72. The first-order valence-electron chi connectivity index (χ1n) is 7.45. The monoisotopic (exact) mass is 328 g/mol. The molecule has 2 rings (SSSR count). The first-order valence-corrected chi connectivity index (χ1v) is 9.22. The van der Waals surface area contributed by atoms with Crippen LogP contribution in [-0.4, -0.2) is 48.4 Å². The van der Waals surface area contributed by atoms with Gasteiger partial charge in [0.1, 0.15) is 0 Å². The lowest BCUT2D eigenvalue weighted by molar-refractivity contribution is 0.0802. The fourth-order valence-corrected chi connectivity index (χ4v) is 3.57. The highest BCUT2D eigenvalue weighted by atomic mass is 35.5. The third-order valence-electron chi connectivity index (χ3n) is 3.91. The number of aliphatic hydroxyl groups is 1. The Labute approximate surface area is 137 Å². The molecule has 21 heavy (non-hydrogen) atoms. The van der Waals surface area contributed by atoms with Crippen LogP contribution in [0.5, 0.6) is 0 Å². The zero-order chi connectivity index (χ0) is 15.3. The van der Waals surface area contributed by atoms with Gasteiger partial charge in [-0.25, -0.2) is 0 Å². The predicted molar refractivity (Wildman–Crippen MR) is 93.7 cm³/mol. The second kappa shape index (κ2) is 7.73. The summed E-state index contributed by atoms with van der Waals surface area (Å²) in [5, 5.41) is 14.5. The third kappa shape index (κ3) is 5.37.